The number of hydrogen-bond donors (Lipinski definition) is 5. The Labute approximate surface area is 230 Å². The first-order valence-corrected chi connectivity index (χ1v) is 13.6. The number of aromatic hydroxyl groups is 1. The number of likely N-dealkylation sites (tertiary alicyclic amines) is 1. The first-order chi connectivity index (χ1) is 18.6. The van der Waals surface area contributed by atoms with Crippen LogP contribution >= 0.6 is 0 Å². The molecule has 8 N–H and O–H groups in total. The Hall–Kier alpha value is -3.79. The highest BCUT2D eigenvalue weighted by molar-refractivity contribution is 5.70. The van der Waals surface area contributed by atoms with E-state index in [1.165, 1.54) is 12.8 Å². The molecule has 2 bridgehead atoms. The molecule has 2 saturated heterocycles. The van der Waals surface area contributed by atoms with E-state index in [-0.39, 0.29) is 17.5 Å². The van der Waals surface area contributed by atoms with Crippen LogP contribution < -0.4 is 17.2 Å². The number of aromatic nitrogens is 2. The number of hydrogen-bond acceptors (Lipinski definition) is 9. The van der Waals surface area contributed by atoms with Gasteiger partial charge in [0.2, 0.25) is 0 Å². The average Bonchev–Trinajstić information content (AvgIpc) is 3.11. The van der Waals surface area contributed by atoms with Crippen molar-refractivity contribution in [2.75, 3.05) is 20.1 Å². The van der Waals surface area contributed by atoms with Gasteiger partial charge in [0, 0.05) is 48.8 Å². The van der Waals surface area contributed by atoms with Crippen LogP contribution in [0.5, 0.6) is 5.75 Å². The van der Waals surface area contributed by atoms with E-state index in [4.69, 9.17) is 22.3 Å². The van der Waals surface area contributed by atoms with Gasteiger partial charge in [-0.1, -0.05) is 12.1 Å². The predicted octanol–water partition coefficient (Wildman–Crippen LogP) is 2.70. The van der Waals surface area contributed by atoms with Crippen LogP contribution in [0, 0.1) is 12.8 Å². The van der Waals surface area contributed by atoms with Crippen molar-refractivity contribution in [2.24, 2.45) is 23.1 Å². The zero-order chi connectivity index (χ0) is 28.1. The van der Waals surface area contributed by atoms with Gasteiger partial charge in [0.05, 0.1) is 11.6 Å². The van der Waals surface area contributed by atoms with E-state index < -0.39 is 5.97 Å². The fraction of sp³-hybridized carbons (Fsp3) is 0.483. The molecule has 2 aromatic rings. The Morgan fingerprint density at radius 3 is 2.10 bits per heavy atom. The highest BCUT2D eigenvalue weighted by Gasteiger charge is 2.38. The Balaban J connectivity index is 0.000000193. The molecule has 1 aromatic heterocycles. The molecular weight excluding hydrogens is 494 g/mol. The zero-order valence-corrected chi connectivity index (χ0v) is 22.8. The molecule has 10 nitrogen and oxygen atoms in total. The lowest BCUT2D eigenvalue weighted by molar-refractivity contribution is -0.142. The predicted molar refractivity (Wildman–Crippen MR) is 151 cm³/mol. The highest BCUT2D eigenvalue weighted by Crippen LogP contribution is 2.35. The van der Waals surface area contributed by atoms with E-state index in [1.54, 1.807) is 24.3 Å². The van der Waals surface area contributed by atoms with Crippen LogP contribution in [-0.4, -0.2) is 68.2 Å². The lowest BCUT2D eigenvalue weighted by atomic mass is 9.79. The quantitative estimate of drug-likeness (QED) is 0.359. The molecular formula is C29H41N7O3. The van der Waals surface area contributed by atoms with Crippen LogP contribution in [0.4, 0.5) is 0 Å². The van der Waals surface area contributed by atoms with Gasteiger partial charge in [0.1, 0.15) is 17.4 Å². The van der Waals surface area contributed by atoms with E-state index in [0.717, 1.165) is 55.9 Å². The van der Waals surface area contributed by atoms with Crippen molar-refractivity contribution < 1.29 is 15.0 Å². The van der Waals surface area contributed by atoms with E-state index >= 15 is 0 Å². The zero-order valence-electron chi connectivity index (χ0n) is 22.8. The molecule has 0 amide bonds. The van der Waals surface area contributed by atoms with Crippen LogP contribution in [0.3, 0.4) is 0 Å². The fourth-order valence-electron chi connectivity index (χ4n) is 5.90. The smallest absolute Gasteiger partial charge is 0.306 e. The van der Waals surface area contributed by atoms with Gasteiger partial charge in [-0.3, -0.25) is 9.69 Å². The minimum Gasteiger partial charge on any atom is -0.507 e. The summed E-state index contributed by atoms with van der Waals surface area (Å²) in [6.45, 7) is 3.65. The summed E-state index contributed by atoms with van der Waals surface area (Å²) in [5.41, 5.74) is 20.9. The second kappa shape index (κ2) is 12.4. The van der Waals surface area contributed by atoms with Gasteiger partial charge in [-0.25, -0.2) is 9.97 Å². The summed E-state index contributed by atoms with van der Waals surface area (Å²) in [7, 11) is 2.18. The van der Waals surface area contributed by atoms with Gasteiger partial charge in [0.15, 0.2) is 0 Å². The topological polar surface area (TPSA) is 168 Å². The largest absolute Gasteiger partial charge is 0.507 e. The molecule has 3 aliphatic rings. The van der Waals surface area contributed by atoms with Crippen LogP contribution in [0.15, 0.2) is 54.3 Å². The molecule has 210 valence electrons. The number of likely N-dealkylation sites (N-methyl/N-ethyl adjacent to an activating group) is 1. The van der Waals surface area contributed by atoms with Crippen molar-refractivity contribution in [3.05, 3.63) is 71.2 Å². The van der Waals surface area contributed by atoms with Crippen molar-refractivity contribution >= 4 is 11.7 Å². The summed E-state index contributed by atoms with van der Waals surface area (Å²) in [4.78, 5) is 23.8. The maximum atomic E-state index is 10.8. The van der Waals surface area contributed by atoms with E-state index in [9.17, 15) is 9.90 Å². The van der Waals surface area contributed by atoms with Crippen molar-refractivity contribution in [2.45, 2.75) is 63.5 Å². The molecule has 1 aliphatic carbocycles. The number of aliphatic carboxylic acids is 1. The second-order valence-electron chi connectivity index (χ2n) is 10.9. The van der Waals surface area contributed by atoms with E-state index in [1.807, 2.05) is 25.4 Å². The summed E-state index contributed by atoms with van der Waals surface area (Å²) in [5, 5.41) is 18.9. The fourth-order valence-corrected chi connectivity index (χ4v) is 5.90. The third-order valence-electron chi connectivity index (χ3n) is 8.34. The normalized spacial score (nSPS) is 25.0. The van der Waals surface area contributed by atoms with Gasteiger partial charge in [-0.05, 0) is 82.2 Å². The summed E-state index contributed by atoms with van der Waals surface area (Å²) in [5.74, 6) is 0.822. The number of nitrogens with zero attached hydrogens (tertiary/aromatic N) is 4. The molecule has 1 aromatic carbocycles. The molecule has 39 heavy (non-hydrogen) atoms. The number of nitrogens with two attached hydrogens (primary N) is 3. The molecule has 3 heterocycles. The minimum absolute atomic E-state index is 0.148. The van der Waals surface area contributed by atoms with Crippen molar-refractivity contribution in [1.29, 1.82) is 0 Å². The van der Waals surface area contributed by atoms with E-state index in [2.05, 4.69) is 26.8 Å². The van der Waals surface area contributed by atoms with E-state index in [0.29, 0.717) is 29.3 Å². The summed E-state index contributed by atoms with van der Waals surface area (Å²) < 4.78 is 0. The summed E-state index contributed by atoms with van der Waals surface area (Å²) in [6, 6.07) is 8.05. The summed E-state index contributed by atoms with van der Waals surface area (Å²) >= 11 is 0. The van der Waals surface area contributed by atoms with Gasteiger partial charge >= 0.3 is 5.97 Å². The molecule has 0 spiro atoms. The molecule has 3 fully saturated rings. The van der Waals surface area contributed by atoms with Crippen LogP contribution in [0.1, 0.15) is 61.4 Å². The maximum Gasteiger partial charge on any atom is 0.306 e. The number of phenolic OH excluding ortho intramolecular Hbond substituents is 1. The maximum absolute atomic E-state index is 10.8. The monoisotopic (exact) mass is 535 g/mol. The Morgan fingerprint density at radius 2 is 1.56 bits per heavy atom. The highest BCUT2D eigenvalue weighted by atomic mass is 16.4. The number of para-hydroxylation sites is 1. The number of allylic oxidation sites excluding steroid dienone is 1. The Morgan fingerprint density at radius 1 is 0.974 bits per heavy atom. The molecule has 0 radical (unpaired) electrons. The third-order valence-corrected chi connectivity index (χ3v) is 8.34. The third kappa shape index (κ3) is 6.81. The average molecular weight is 536 g/mol. The Kier molecular flexibility index (Phi) is 8.96. The standard InChI is InChI=1S/C17H25N5O.C12H16N2O2/c1-21-11-6-7-12(21)10-22(9-11)15(17(19)20)8-14(18)13-4-2-3-5-16(13)23;1-8-13-6-11(7-14-8)9-2-4-10(5-3-9)12(15)16/h2-5,8,11-12,23H,6-7,9-10,18-20H2,1H3;6-7,9-10H,2-5H2,1H3,(H,15,16)/b14-8-;. The van der Waals surface area contributed by atoms with Crippen LogP contribution in [0.2, 0.25) is 0 Å². The number of phenols is 1. The van der Waals surface area contributed by atoms with Crippen molar-refractivity contribution in [3.8, 4) is 5.75 Å². The number of fused-ring (bicyclic) bond motifs is 2. The number of carboxylic acid groups (broad SMARTS) is 1. The molecule has 2 aliphatic heterocycles. The van der Waals surface area contributed by atoms with Crippen molar-refractivity contribution in [3.63, 3.8) is 0 Å². The molecule has 10 heteroatoms. The SMILES string of the molecule is CN1C2CCC1CN(C(/C=C(\N)c1ccccc1O)=C(N)N)C2.Cc1ncc(C2CCC(C(=O)O)CC2)cn1. The first kappa shape index (κ1) is 28.2. The molecule has 5 rings (SSSR count). The number of carboxylic acids is 1. The number of piperazine rings is 1. The van der Waals surface area contributed by atoms with Crippen LogP contribution in [0.25, 0.3) is 5.70 Å². The van der Waals surface area contributed by atoms with Crippen molar-refractivity contribution in [1.82, 2.24) is 19.8 Å². The van der Waals surface area contributed by atoms with Gasteiger partial charge in [-0.15, -0.1) is 0 Å². The first-order valence-electron chi connectivity index (χ1n) is 13.6. The van der Waals surface area contributed by atoms with Gasteiger partial charge in [-0.2, -0.15) is 0 Å². The second-order valence-corrected chi connectivity index (χ2v) is 10.9. The van der Waals surface area contributed by atoms with Gasteiger partial charge in [0.25, 0.3) is 0 Å². The number of aryl methyl sites for hydroxylation is 1. The molecule has 2 atom stereocenters. The number of rotatable bonds is 5. The summed E-state index contributed by atoms with van der Waals surface area (Å²) in [6.07, 6.45) is 11.3. The number of carbonyl (C=O) groups is 1. The lowest BCUT2D eigenvalue weighted by Gasteiger charge is -2.40. The Bertz CT molecular complexity index is 1190. The lowest BCUT2D eigenvalue weighted by Crippen LogP contribution is -2.51. The minimum atomic E-state index is -0.654. The molecule has 1 saturated carbocycles. The number of benzene rings is 1. The van der Waals surface area contributed by atoms with Crippen LogP contribution in [-0.2, 0) is 4.79 Å². The molecule has 2 unspecified atom stereocenters. The van der Waals surface area contributed by atoms with Gasteiger partial charge < -0.3 is 32.3 Å².